The maximum Gasteiger partial charge on any atom is 0.410 e. The lowest BCUT2D eigenvalue weighted by atomic mass is 10.1. The van der Waals surface area contributed by atoms with Crippen molar-refractivity contribution in [2.24, 2.45) is 0 Å². The summed E-state index contributed by atoms with van der Waals surface area (Å²) < 4.78 is 14.9. The van der Waals surface area contributed by atoms with Gasteiger partial charge in [-0.1, -0.05) is 19.6 Å². The van der Waals surface area contributed by atoms with E-state index in [2.05, 4.69) is 83.3 Å². The standard InChI is InChI=1S/C25H40BrN3O3Si/c1-18-15-28(16-19(2)29(18)24(30)32-25(3,4)5)22-10-9-21(26)23-20(22)11-12-27(23)17-31-13-14-33(6,7)8/h9-12,18-19H,13-17H2,1-8H3/t18-,19+. The van der Waals surface area contributed by atoms with Crippen LogP contribution in [0.2, 0.25) is 25.7 Å². The van der Waals surface area contributed by atoms with E-state index in [0.29, 0.717) is 6.73 Å². The minimum Gasteiger partial charge on any atom is -0.444 e. The van der Waals surface area contributed by atoms with Gasteiger partial charge in [-0.2, -0.15) is 0 Å². The summed E-state index contributed by atoms with van der Waals surface area (Å²) >= 11 is 3.75. The van der Waals surface area contributed by atoms with Gasteiger partial charge in [-0.25, -0.2) is 4.79 Å². The van der Waals surface area contributed by atoms with E-state index in [1.807, 2.05) is 25.7 Å². The third-order valence-corrected chi connectivity index (χ3v) is 8.29. The maximum atomic E-state index is 12.8. The second-order valence-electron chi connectivity index (χ2n) is 11.5. The van der Waals surface area contributed by atoms with Gasteiger partial charge in [0.05, 0.1) is 17.6 Å². The molecule has 0 bridgehead atoms. The molecule has 0 radical (unpaired) electrons. The first-order valence-electron chi connectivity index (χ1n) is 11.9. The molecule has 6 nitrogen and oxygen atoms in total. The molecule has 1 amide bonds. The van der Waals surface area contributed by atoms with Gasteiger partial charge in [0, 0.05) is 49.5 Å². The summed E-state index contributed by atoms with van der Waals surface area (Å²) in [4.78, 5) is 17.1. The SMILES string of the molecule is C[C@@H]1CN(c2ccc(Br)c3c2ccn3COCC[Si](C)(C)C)C[C@H](C)N1C(=O)OC(C)(C)C. The van der Waals surface area contributed by atoms with Gasteiger partial charge >= 0.3 is 6.09 Å². The topological polar surface area (TPSA) is 46.9 Å². The molecule has 2 heterocycles. The zero-order valence-electron chi connectivity index (χ0n) is 21.4. The quantitative estimate of drug-likeness (QED) is 0.309. The summed E-state index contributed by atoms with van der Waals surface area (Å²) in [7, 11) is -1.10. The number of carbonyl (C=O) groups excluding carboxylic acids is 1. The van der Waals surface area contributed by atoms with E-state index < -0.39 is 13.7 Å². The summed E-state index contributed by atoms with van der Waals surface area (Å²) in [6.45, 7) is 19.9. The number of halogens is 1. The van der Waals surface area contributed by atoms with Gasteiger partial charge in [-0.3, -0.25) is 4.90 Å². The number of hydrogen-bond acceptors (Lipinski definition) is 4. The van der Waals surface area contributed by atoms with E-state index in [1.165, 1.54) is 11.1 Å². The van der Waals surface area contributed by atoms with Crippen LogP contribution < -0.4 is 4.90 Å². The third-order valence-electron chi connectivity index (χ3n) is 5.94. The number of nitrogens with zero attached hydrogens (tertiary/aromatic N) is 3. The average Bonchev–Trinajstić information content (AvgIpc) is 3.07. The summed E-state index contributed by atoms with van der Waals surface area (Å²) in [5.41, 5.74) is 1.85. The Morgan fingerprint density at radius 2 is 1.76 bits per heavy atom. The fraction of sp³-hybridized carbons (Fsp3) is 0.640. The van der Waals surface area contributed by atoms with Crippen LogP contribution in [0.25, 0.3) is 10.9 Å². The molecule has 1 aromatic heterocycles. The Hall–Kier alpha value is -1.51. The van der Waals surface area contributed by atoms with Crippen molar-refractivity contribution in [1.82, 2.24) is 9.47 Å². The summed E-state index contributed by atoms with van der Waals surface area (Å²) in [6.07, 6.45) is 1.88. The molecule has 184 valence electrons. The Bertz CT molecular complexity index is 968. The zero-order valence-corrected chi connectivity index (χ0v) is 24.0. The van der Waals surface area contributed by atoms with Crippen LogP contribution in [0.1, 0.15) is 34.6 Å². The van der Waals surface area contributed by atoms with E-state index in [0.717, 1.165) is 35.7 Å². The van der Waals surface area contributed by atoms with Crippen molar-refractivity contribution in [3.8, 4) is 0 Å². The lowest BCUT2D eigenvalue weighted by Gasteiger charge is -2.45. The number of benzene rings is 1. The molecule has 1 aliphatic rings. The first kappa shape index (κ1) is 26.1. The highest BCUT2D eigenvalue weighted by molar-refractivity contribution is 9.10. The second kappa shape index (κ2) is 10.00. The van der Waals surface area contributed by atoms with Crippen molar-refractivity contribution in [2.75, 3.05) is 24.6 Å². The van der Waals surface area contributed by atoms with E-state index in [9.17, 15) is 4.79 Å². The fourth-order valence-corrected chi connectivity index (χ4v) is 5.71. The zero-order chi connectivity index (χ0) is 24.6. The number of hydrogen-bond donors (Lipinski definition) is 0. The van der Waals surface area contributed by atoms with Gasteiger partial charge in [0.25, 0.3) is 0 Å². The van der Waals surface area contributed by atoms with Gasteiger partial charge < -0.3 is 18.9 Å². The molecule has 0 aliphatic carbocycles. The molecule has 0 saturated carbocycles. The van der Waals surface area contributed by atoms with Gasteiger partial charge in [0.1, 0.15) is 12.3 Å². The van der Waals surface area contributed by atoms with Gasteiger partial charge in [-0.15, -0.1) is 0 Å². The van der Waals surface area contributed by atoms with Gasteiger partial charge in [-0.05, 0) is 74.8 Å². The van der Waals surface area contributed by atoms with Crippen molar-refractivity contribution in [1.29, 1.82) is 0 Å². The van der Waals surface area contributed by atoms with Gasteiger partial charge in [0.15, 0.2) is 0 Å². The number of fused-ring (bicyclic) bond motifs is 1. The average molecular weight is 539 g/mol. The molecule has 1 aliphatic heterocycles. The van der Waals surface area contributed by atoms with Crippen molar-refractivity contribution >= 4 is 46.7 Å². The van der Waals surface area contributed by atoms with Crippen LogP contribution in [0.5, 0.6) is 0 Å². The third kappa shape index (κ3) is 6.54. The minimum absolute atomic E-state index is 0.0503. The molecular weight excluding hydrogens is 498 g/mol. The first-order chi connectivity index (χ1) is 15.3. The molecule has 1 aromatic carbocycles. The molecule has 1 fully saturated rings. The fourth-order valence-electron chi connectivity index (χ4n) is 4.38. The number of anilines is 1. The highest BCUT2D eigenvalue weighted by atomic mass is 79.9. The summed E-state index contributed by atoms with van der Waals surface area (Å²) in [6, 6.07) is 7.73. The molecule has 0 unspecified atom stereocenters. The predicted molar refractivity (Wildman–Crippen MR) is 143 cm³/mol. The number of aromatic nitrogens is 1. The van der Waals surface area contributed by atoms with Gasteiger partial charge in [0.2, 0.25) is 0 Å². The lowest BCUT2D eigenvalue weighted by Crippen LogP contribution is -2.59. The van der Waals surface area contributed by atoms with E-state index in [-0.39, 0.29) is 18.2 Å². The largest absolute Gasteiger partial charge is 0.444 e. The van der Waals surface area contributed by atoms with Crippen molar-refractivity contribution in [2.45, 2.75) is 84.7 Å². The molecule has 3 rings (SSSR count). The molecule has 0 spiro atoms. The minimum atomic E-state index is -1.10. The van der Waals surface area contributed by atoms with E-state index in [1.54, 1.807) is 0 Å². The van der Waals surface area contributed by atoms with Crippen molar-refractivity contribution in [3.63, 3.8) is 0 Å². The Labute approximate surface area is 208 Å². The molecule has 0 N–H and O–H groups in total. The van der Waals surface area contributed by atoms with E-state index >= 15 is 0 Å². The molecule has 8 heteroatoms. The van der Waals surface area contributed by atoms with Crippen LogP contribution in [0, 0.1) is 0 Å². The van der Waals surface area contributed by atoms with Crippen LogP contribution in [-0.4, -0.2) is 61.0 Å². The highest BCUT2D eigenvalue weighted by Crippen LogP contribution is 2.35. The van der Waals surface area contributed by atoms with Crippen LogP contribution >= 0.6 is 15.9 Å². The van der Waals surface area contributed by atoms with Crippen LogP contribution in [-0.2, 0) is 16.2 Å². The lowest BCUT2D eigenvalue weighted by molar-refractivity contribution is 0.00568. The molecule has 2 atom stereocenters. The monoisotopic (exact) mass is 537 g/mol. The second-order valence-corrected chi connectivity index (χ2v) is 17.9. The molecular formula is C25H40BrN3O3Si. The van der Waals surface area contributed by atoms with Crippen molar-refractivity contribution < 1.29 is 14.3 Å². The number of amides is 1. The summed E-state index contributed by atoms with van der Waals surface area (Å²) in [5, 5.41) is 1.20. The maximum absolute atomic E-state index is 12.8. The molecule has 33 heavy (non-hydrogen) atoms. The number of carbonyl (C=O) groups is 1. The number of rotatable bonds is 6. The highest BCUT2D eigenvalue weighted by Gasteiger charge is 2.36. The summed E-state index contributed by atoms with van der Waals surface area (Å²) in [5.74, 6) is 0. The predicted octanol–water partition coefficient (Wildman–Crippen LogP) is 6.55. The van der Waals surface area contributed by atoms with Crippen LogP contribution in [0.15, 0.2) is 28.9 Å². The van der Waals surface area contributed by atoms with Crippen LogP contribution in [0.3, 0.4) is 0 Å². The first-order valence-corrected chi connectivity index (χ1v) is 16.4. The molecule has 2 aromatic rings. The normalized spacial score (nSPS) is 19.9. The number of ether oxygens (including phenoxy) is 2. The van der Waals surface area contributed by atoms with Crippen LogP contribution in [0.4, 0.5) is 10.5 Å². The van der Waals surface area contributed by atoms with E-state index in [4.69, 9.17) is 9.47 Å². The number of piperazine rings is 1. The Balaban J connectivity index is 1.77. The molecule has 1 saturated heterocycles. The van der Waals surface area contributed by atoms with Crippen molar-refractivity contribution in [3.05, 3.63) is 28.9 Å². The smallest absolute Gasteiger partial charge is 0.410 e. The Kier molecular flexibility index (Phi) is 7.91. The Morgan fingerprint density at radius 1 is 1.12 bits per heavy atom. The Morgan fingerprint density at radius 3 is 2.33 bits per heavy atom.